The molecule has 3 nitrogen and oxygen atoms in total. The van der Waals surface area contributed by atoms with Gasteiger partial charge in [-0.3, -0.25) is 0 Å². The molecule has 0 bridgehead atoms. The van der Waals surface area contributed by atoms with E-state index in [9.17, 15) is 5.11 Å². The second-order valence-electron chi connectivity index (χ2n) is 4.14. The van der Waals surface area contributed by atoms with Gasteiger partial charge in [-0.25, -0.2) is 0 Å². The van der Waals surface area contributed by atoms with E-state index in [2.05, 4.69) is 0 Å². The first kappa shape index (κ1) is 11.0. The Balaban J connectivity index is 2.24. The molecule has 0 aromatic rings. The third-order valence-corrected chi connectivity index (χ3v) is 2.97. The molecule has 0 aromatic heterocycles. The fraction of sp³-hybridized carbons (Fsp3) is 1.00. The summed E-state index contributed by atoms with van der Waals surface area (Å²) in [5.41, 5.74) is 5.57. The van der Waals surface area contributed by atoms with Gasteiger partial charge in [0.2, 0.25) is 0 Å². The first-order valence-electron chi connectivity index (χ1n) is 5.28. The molecule has 2 atom stereocenters. The lowest BCUT2D eigenvalue weighted by Gasteiger charge is -2.27. The maximum atomic E-state index is 9.78. The summed E-state index contributed by atoms with van der Waals surface area (Å²) in [6.07, 6.45) is 6.25. The third-order valence-electron chi connectivity index (χ3n) is 2.97. The van der Waals surface area contributed by atoms with E-state index in [0.29, 0.717) is 12.3 Å². The predicted molar refractivity (Wildman–Crippen MR) is 52.3 cm³/mol. The summed E-state index contributed by atoms with van der Waals surface area (Å²) in [7, 11) is 0. The standard InChI is InChI=1S/C10H21NO2/c11-9(7-12)6-10(13)8-4-2-1-3-5-8/h8-10,12-13H,1-7,11H2/t9-,10+/m1/s1. The normalized spacial score (nSPS) is 24.2. The lowest BCUT2D eigenvalue weighted by molar-refractivity contribution is 0.0644. The molecule has 0 radical (unpaired) electrons. The third kappa shape index (κ3) is 3.63. The molecular weight excluding hydrogens is 166 g/mol. The Hall–Kier alpha value is -0.120. The van der Waals surface area contributed by atoms with Gasteiger partial charge in [0.15, 0.2) is 0 Å². The van der Waals surface area contributed by atoms with Crippen LogP contribution >= 0.6 is 0 Å². The van der Waals surface area contributed by atoms with Crippen LogP contribution in [0.4, 0.5) is 0 Å². The Morgan fingerprint density at radius 3 is 2.38 bits per heavy atom. The van der Waals surface area contributed by atoms with Gasteiger partial charge in [0.25, 0.3) is 0 Å². The Morgan fingerprint density at radius 1 is 1.23 bits per heavy atom. The molecule has 1 aliphatic carbocycles. The van der Waals surface area contributed by atoms with Crippen molar-refractivity contribution in [3.05, 3.63) is 0 Å². The van der Waals surface area contributed by atoms with Crippen molar-refractivity contribution < 1.29 is 10.2 Å². The van der Waals surface area contributed by atoms with Gasteiger partial charge >= 0.3 is 0 Å². The number of hydrogen-bond donors (Lipinski definition) is 3. The van der Waals surface area contributed by atoms with Crippen molar-refractivity contribution in [2.24, 2.45) is 11.7 Å². The number of hydrogen-bond acceptors (Lipinski definition) is 3. The maximum Gasteiger partial charge on any atom is 0.0584 e. The number of aliphatic hydroxyl groups is 2. The molecule has 4 N–H and O–H groups in total. The van der Waals surface area contributed by atoms with Gasteiger partial charge in [-0.15, -0.1) is 0 Å². The highest BCUT2D eigenvalue weighted by Crippen LogP contribution is 2.27. The maximum absolute atomic E-state index is 9.78. The number of aliphatic hydroxyl groups excluding tert-OH is 2. The fourth-order valence-corrected chi connectivity index (χ4v) is 2.10. The molecule has 0 aromatic carbocycles. The van der Waals surface area contributed by atoms with Crippen LogP contribution in [-0.4, -0.2) is 29.0 Å². The van der Waals surface area contributed by atoms with E-state index in [-0.39, 0.29) is 18.8 Å². The van der Waals surface area contributed by atoms with E-state index in [1.165, 1.54) is 19.3 Å². The van der Waals surface area contributed by atoms with Crippen molar-refractivity contribution in [3.8, 4) is 0 Å². The van der Waals surface area contributed by atoms with Gasteiger partial charge in [-0.1, -0.05) is 19.3 Å². The van der Waals surface area contributed by atoms with Crippen LogP contribution in [0.25, 0.3) is 0 Å². The van der Waals surface area contributed by atoms with Gasteiger partial charge < -0.3 is 15.9 Å². The number of nitrogens with two attached hydrogens (primary N) is 1. The molecule has 0 heterocycles. The van der Waals surface area contributed by atoms with Crippen LogP contribution in [0.15, 0.2) is 0 Å². The monoisotopic (exact) mass is 187 g/mol. The highest BCUT2D eigenvalue weighted by molar-refractivity contribution is 4.76. The van der Waals surface area contributed by atoms with Gasteiger partial charge in [-0.2, -0.15) is 0 Å². The van der Waals surface area contributed by atoms with Crippen molar-refractivity contribution in [3.63, 3.8) is 0 Å². The van der Waals surface area contributed by atoms with Gasteiger partial charge in [-0.05, 0) is 25.2 Å². The zero-order chi connectivity index (χ0) is 9.68. The van der Waals surface area contributed by atoms with Crippen molar-refractivity contribution in [2.45, 2.75) is 50.7 Å². The largest absolute Gasteiger partial charge is 0.395 e. The molecule has 1 rings (SSSR count). The zero-order valence-electron chi connectivity index (χ0n) is 8.15. The average molecular weight is 187 g/mol. The molecule has 0 amide bonds. The second kappa shape index (κ2) is 5.58. The van der Waals surface area contributed by atoms with Crippen LogP contribution in [0.2, 0.25) is 0 Å². The topological polar surface area (TPSA) is 66.5 Å². The van der Waals surface area contributed by atoms with Crippen molar-refractivity contribution in [1.82, 2.24) is 0 Å². The fourth-order valence-electron chi connectivity index (χ4n) is 2.10. The van der Waals surface area contributed by atoms with E-state index < -0.39 is 0 Å². The van der Waals surface area contributed by atoms with Crippen LogP contribution < -0.4 is 5.73 Å². The van der Waals surface area contributed by atoms with Crippen molar-refractivity contribution >= 4 is 0 Å². The summed E-state index contributed by atoms with van der Waals surface area (Å²) in [4.78, 5) is 0. The molecule has 13 heavy (non-hydrogen) atoms. The first-order chi connectivity index (χ1) is 6.24. The Kier molecular flexibility index (Phi) is 4.70. The minimum absolute atomic E-state index is 0.0240. The lowest BCUT2D eigenvalue weighted by Crippen LogP contribution is -2.33. The molecular formula is C10H21NO2. The quantitative estimate of drug-likeness (QED) is 0.605. The smallest absolute Gasteiger partial charge is 0.0584 e. The molecule has 0 spiro atoms. The summed E-state index contributed by atoms with van der Waals surface area (Å²) in [5.74, 6) is 0.423. The minimum atomic E-state index is -0.303. The summed E-state index contributed by atoms with van der Waals surface area (Å²) in [5, 5.41) is 18.5. The highest BCUT2D eigenvalue weighted by atomic mass is 16.3. The van der Waals surface area contributed by atoms with E-state index >= 15 is 0 Å². The van der Waals surface area contributed by atoms with Crippen LogP contribution in [0, 0.1) is 5.92 Å². The number of rotatable bonds is 4. The highest BCUT2D eigenvalue weighted by Gasteiger charge is 2.22. The van der Waals surface area contributed by atoms with E-state index in [1.54, 1.807) is 0 Å². The van der Waals surface area contributed by atoms with Gasteiger partial charge in [0.1, 0.15) is 0 Å². The lowest BCUT2D eigenvalue weighted by atomic mass is 9.83. The molecule has 0 aliphatic heterocycles. The average Bonchev–Trinajstić information content (AvgIpc) is 2.19. The van der Waals surface area contributed by atoms with E-state index in [0.717, 1.165) is 12.8 Å². The Labute approximate surface area is 79.9 Å². The molecule has 0 saturated heterocycles. The molecule has 78 valence electrons. The summed E-state index contributed by atoms with van der Waals surface area (Å²) in [6, 6.07) is -0.253. The minimum Gasteiger partial charge on any atom is -0.395 e. The van der Waals surface area contributed by atoms with Crippen molar-refractivity contribution in [2.75, 3.05) is 6.61 Å². The van der Waals surface area contributed by atoms with Gasteiger partial charge in [0, 0.05) is 6.04 Å². The predicted octanol–water partition coefficient (Wildman–Crippen LogP) is 0.637. The molecule has 3 heteroatoms. The SMILES string of the molecule is N[C@@H](CO)C[C@H](O)C1CCCCC1. The zero-order valence-corrected chi connectivity index (χ0v) is 8.15. The molecule has 0 unspecified atom stereocenters. The summed E-state index contributed by atoms with van der Waals surface area (Å²) in [6.45, 7) is -0.0240. The Morgan fingerprint density at radius 2 is 1.85 bits per heavy atom. The van der Waals surface area contributed by atoms with Gasteiger partial charge in [0.05, 0.1) is 12.7 Å². The second-order valence-corrected chi connectivity index (χ2v) is 4.14. The van der Waals surface area contributed by atoms with Crippen LogP contribution in [-0.2, 0) is 0 Å². The molecule has 1 aliphatic rings. The van der Waals surface area contributed by atoms with Crippen LogP contribution in [0.1, 0.15) is 38.5 Å². The summed E-state index contributed by atoms with van der Waals surface area (Å²) < 4.78 is 0. The first-order valence-corrected chi connectivity index (χ1v) is 5.28. The molecule has 1 fully saturated rings. The van der Waals surface area contributed by atoms with Crippen LogP contribution in [0.5, 0.6) is 0 Å². The molecule has 1 saturated carbocycles. The van der Waals surface area contributed by atoms with Crippen molar-refractivity contribution in [1.29, 1.82) is 0 Å². The Bertz CT molecular complexity index is 135. The van der Waals surface area contributed by atoms with E-state index in [1.807, 2.05) is 0 Å². The summed E-state index contributed by atoms with van der Waals surface area (Å²) >= 11 is 0. The van der Waals surface area contributed by atoms with Crippen LogP contribution in [0.3, 0.4) is 0 Å². The van der Waals surface area contributed by atoms with E-state index in [4.69, 9.17) is 10.8 Å².